The fourth-order valence-electron chi connectivity index (χ4n) is 3.01. The van der Waals surface area contributed by atoms with E-state index in [1.54, 1.807) is 4.68 Å². The van der Waals surface area contributed by atoms with E-state index in [-0.39, 0.29) is 23.9 Å². The molecular formula is C18H23N3O. The summed E-state index contributed by atoms with van der Waals surface area (Å²) in [7, 11) is 0. The van der Waals surface area contributed by atoms with E-state index < -0.39 is 0 Å². The standard InChI is InChI=1S/C18H23N3O/c1-13-11-14-7-5-6-8-15(14)21(13)17(22)12-20-10-9-16(19-20)18(2,3)4/h5-10,13H,11-12H2,1-4H3. The number of amides is 1. The fourth-order valence-corrected chi connectivity index (χ4v) is 3.01. The number of rotatable bonds is 2. The molecule has 1 atom stereocenters. The van der Waals surface area contributed by atoms with Gasteiger partial charge in [-0.3, -0.25) is 9.48 Å². The van der Waals surface area contributed by atoms with Crippen molar-refractivity contribution in [1.29, 1.82) is 0 Å². The van der Waals surface area contributed by atoms with Crippen LogP contribution in [0.25, 0.3) is 0 Å². The maximum atomic E-state index is 12.7. The van der Waals surface area contributed by atoms with Gasteiger partial charge in [-0.25, -0.2) is 0 Å². The van der Waals surface area contributed by atoms with Crippen LogP contribution in [0, 0.1) is 0 Å². The van der Waals surface area contributed by atoms with E-state index in [4.69, 9.17) is 0 Å². The highest BCUT2D eigenvalue weighted by Crippen LogP contribution is 2.32. The predicted molar refractivity (Wildman–Crippen MR) is 88.0 cm³/mol. The first-order valence-electron chi connectivity index (χ1n) is 7.80. The summed E-state index contributed by atoms with van der Waals surface area (Å²) in [4.78, 5) is 14.6. The Morgan fingerprint density at radius 1 is 1.27 bits per heavy atom. The molecule has 0 radical (unpaired) electrons. The van der Waals surface area contributed by atoms with Crippen molar-refractivity contribution in [3.8, 4) is 0 Å². The van der Waals surface area contributed by atoms with Gasteiger partial charge in [0.2, 0.25) is 5.91 Å². The first-order chi connectivity index (χ1) is 10.4. The maximum Gasteiger partial charge on any atom is 0.248 e. The number of nitrogens with zero attached hydrogens (tertiary/aromatic N) is 3. The smallest absolute Gasteiger partial charge is 0.248 e. The van der Waals surface area contributed by atoms with Crippen molar-refractivity contribution < 1.29 is 4.79 Å². The van der Waals surface area contributed by atoms with Gasteiger partial charge < -0.3 is 4.90 Å². The summed E-state index contributed by atoms with van der Waals surface area (Å²) in [6.45, 7) is 8.76. The minimum atomic E-state index is 0.00182. The molecule has 116 valence electrons. The van der Waals surface area contributed by atoms with Crippen LogP contribution in [-0.2, 0) is 23.2 Å². The second kappa shape index (κ2) is 5.27. The number of aromatic nitrogens is 2. The molecule has 0 aliphatic carbocycles. The van der Waals surface area contributed by atoms with Gasteiger partial charge in [-0.1, -0.05) is 39.0 Å². The highest BCUT2D eigenvalue weighted by Gasteiger charge is 2.30. The Bertz CT molecular complexity index is 696. The third kappa shape index (κ3) is 2.65. The summed E-state index contributed by atoms with van der Waals surface area (Å²) in [6, 6.07) is 10.4. The lowest BCUT2D eigenvalue weighted by molar-refractivity contribution is -0.119. The molecular weight excluding hydrogens is 274 g/mol. The third-order valence-corrected chi connectivity index (χ3v) is 4.18. The van der Waals surface area contributed by atoms with E-state index in [9.17, 15) is 4.79 Å². The molecule has 1 aromatic heterocycles. The zero-order chi connectivity index (χ0) is 15.9. The van der Waals surface area contributed by atoms with Crippen molar-refractivity contribution in [2.75, 3.05) is 4.90 Å². The molecule has 1 unspecified atom stereocenters. The molecule has 2 aromatic rings. The first kappa shape index (κ1) is 14.8. The van der Waals surface area contributed by atoms with Crippen LogP contribution in [0.5, 0.6) is 0 Å². The Morgan fingerprint density at radius 2 is 2.00 bits per heavy atom. The quantitative estimate of drug-likeness (QED) is 0.854. The molecule has 1 aromatic carbocycles. The molecule has 1 aliphatic rings. The van der Waals surface area contributed by atoms with Crippen LogP contribution in [0.15, 0.2) is 36.5 Å². The minimum Gasteiger partial charge on any atom is -0.307 e. The number of benzene rings is 1. The number of hydrogen-bond acceptors (Lipinski definition) is 2. The molecule has 0 bridgehead atoms. The number of fused-ring (bicyclic) bond motifs is 1. The highest BCUT2D eigenvalue weighted by molar-refractivity contribution is 5.96. The van der Waals surface area contributed by atoms with Crippen molar-refractivity contribution in [3.05, 3.63) is 47.8 Å². The van der Waals surface area contributed by atoms with Crippen LogP contribution < -0.4 is 4.90 Å². The number of carbonyl (C=O) groups excluding carboxylic acids is 1. The minimum absolute atomic E-state index is 0.00182. The van der Waals surface area contributed by atoms with Crippen LogP contribution in [0.3, 0.4) is 0 Å². The normalized spacial score (nSPS) is 17.6. The van der Waals surface area contributed by atoms with Crippen LogP contribution in [0.2, 0.25) is 0 Å². The van der Waals surface area contributed by atoms with Gasteiger partial charge in [0.1, 0.15) is 6.54 Å². The molecule has 3 rings (SSSR count). The Labute approximate surface area is 131 Å². The first-order valence-corrected chi connectivity index (χ1v) is 7.80. The molecule has 0 N–H and O–H groups in total. The molecule has 1 amide bonds. The molecule has 4 nitrogen and oxygen atoms in total. The van der Waals surface area contributed by atoms with E-state index in [1.807, 2.05) is 35.4 Å². The fraction of sp³-hybridized carbons (Fsp3) is 0.444. The molecule has 1 aliphatic heterocycles. The monoisotopic (exact) mass is 297 g/mol. The van der Waals surface area contributed by atoms with Gasteiger partial charge in [0.15, 0.2) is 0 Å². The summed E-state index contributed by atoms with van der Waals surface area (Å²) in [6.07, 6.45) is 2.82. The van der Waals surface area contributed by atoms with Gasteiger partial charge in [-0.2, -0.15) is 5.10 Å². The summed E-state index contributed by atoms with van der Waals surface area (Å²) in [5, 5.41) is 4.54. The Morgan fingerprint density at radius 3 is 2.68 bits per heavy atom. The van der Waals surface area contributed by atoms with Crippen molar-refractivity contribution in [2.45, 2.75) is 52.1 Å². The topological polar surface area (TPSA) is 38.1 Å². The summed E-state index contributed by atoms with van der Waals surface area (Å²) < 4.78 is 1.75. The second-order valence-electron chi connectivity index (χ2n) is 7.09. The predicted octanol–water partition coefficient (Wildman–Crippen LogP) is 3.16. The number of para-hydroxylation sites is 1. The molecule has 0 saturated carbocycles. The van der Waals surface area contributed by atoms with Crippen molar-refractivity contribution in [1.82, 2.24) is 9.78 Å². The average Bonchev–Trinajstić information content (AvgIpc) is 3.01. The maximum absolute atomic E-state index is 12.7. The van der Waals surface area contributed by atoms with E-state index in [0.29, 0.717) is 0 Å². The summed E-state index contributed by atoms with van der Waals surface area (Å²) in [5.41, 5.74) is 3.31. The van der Waals surface area contributed by atoms with Crippen molar-refractivity contribution >= 4 is 11.6 Å². The molecule has 2 heterocycles. The third-order valence-electron chi connectivity index (χ3n) is 4.18. The number of carbonyl (C=O) groups is 1. The zero-order valence-corrected chi connectivity index (χ0v) is 13.7. The van der Waals surface area contributed by atoms with Gasteiger partial charge in [0.05, 0.1) is 5.69 Å². The zero-order valence-electron chi connectivity index (χ0n) is 13.7. The number of anilines is 1. The van der Waals surface area contributed by atoms with E-state index >= 15 is 0 Å². The van der Waals surface area contributed by atoms with E-state index in [2.05, 4.69) is 38.9 Å². The molecule has 22 heavy (non-hydrogen) atoms. The molecule has 0 saturated heterocycles. The Kier molecular flexibility index (Phi) is 3.55. The largest absolute Gasteiger partial charge is 0.307 e. The molecule has 4 heteroatoms. The summed E-state index contributed by atoms with van der Waals surface area (Å²) >= 11 is 0. The SMILES string of the molecule is CC1Cc2ccccc2N1C(=O)Cn1ccc(C(C)(C)C)n1. The Hall–Kier alpha value is -2.10. The van der Waals surface area contributed by atoms with Crippen molar-refractivity contribution in [3.63, 3.8) is 0 Å². The molecule has 0 spiro atoms. The van der Waals surface area contributed by atoms with Gasteiger partial charge in [-0.05, 0) is 31.0 Å². The van der Waals surface area contributed by atoms with Gasteiger partial charge in [0.25, 0.3) is 0 Å². The molecule has 0 fully saturated rings. The summed E-state index contributed by atoms with van der Waals surface area (Å²) in [5.74, 6) is 0.0982. The van der Waals surface area contributed by atoms with Gasteiger partial charge >= 0.3 is 0 Å². The van der Waals surface area contributed by atoms with Crippen LogP contribution in [-0.4, -0.2) is 21.7 Å². The Balaban J connectivity index is 1.79. The average molecular weight is 297 g/mol. The lowest BCUT2D eigenvalue weighted by Crippen LogP contribution is -2.38. The van der Waals surface area contributed by atoms with Gasteiger partial charge in [-0.15, -0.1) is 0 Å². The lowest BCUT2D eigenvalue weighted by Gasteiger charge is -2.22. The van der Waals surface area contributed by atoms with E-state index in [1.165, 1.54) is 5.56 Å². The van der Waals surface area contributed by atoms with E-state index in [0.717, 1.165) is 17.8 Å². The highest BCUT2D eigenvalue weighted by atomic mass is 16.2. The van der Waals surface area contributed by atoms with Crippen LogP contribution in [0.4, 0.5) is 5.69 Å². The van der Waals surface area contributed by atoms with Crippen LogP contribution in [0.1, 0.15) is 39.0 Å². The van der Waals surface area contributed by atoms with Gasteiger partial charge in [0, 0.05) is 23.3 Å². The van der Waals surface area contributed by atoms with Crippen molar-refractivity contribution in [2.24, 2.45) is 0 Å². The number of hydrogen-bond donors (Lipinski definition) is 0. The lowest BCUT2D eigenvalue weighted by atomic mass is 9.93. The second-order valence-corrected chi connectivity index (χ2v) is 7.09. The van der Waals surface area contributed by atoms with Crippen LogP contribution >= 0.6 is 0 Å².